The van der Waals surface area contributed by atoms with E-state index in [0.29, 0.717) is 23.3 Å². The lowest BCUT2D eigenvalue weighted by molar-refractivity contribution is 0.980. The number of thioether (sulfide) groups is 12. The molecule has 586 valence electrons. The van der Waals surface area contributed by atoms with E-state index in [2.05, 4.69) is 260 Å². The molecule has 8 nitrogen and oxygen atoms in total. The molecule has 0 saturated carbocycles. The molecule has 0 atom stereocenters. The molecule has 0 amide bonds. The van der Waals surface area contributed by atoms with Crippen LogP contribution in [0.4, 0.5) is 0 Å². The van der Waals surface area contributed by atoms with Crippen LogP contribution in [0.5, 0.6) is 0 Å². The van der Waals surface area contributed by atoms with Crippen LogP contribution in [0.15, 0.2) is 238 Å². The van der Waals surface area contributed by atoms with Gasteiger partial charge in [0.25, 0.3) is 0 Å². The minimum atomic E-state index is 0.652. The van der Waals surface area contributed by atoms with Crippen LogP contribution in [-0.2, 0) is 85.9 Å². The van der Waals surface area contributed by atoms with Gasteiger partial charge in [-0.2, -0.15) is 0 Å². The van der Waals surface area contributed by atoms with E-state index in [1.807, 2.05) is 141 Å². The Morgan fingerprint density at radius 3 is 0.672 bits per heavy atom. The SMILES string of the molecule is CCc1c(SCc2ccccc2)c(SCc2ccccc2)c(CC)c2c1-c1nc-2nc2[nH]c(nc3nc(nc4[nH]c(n1)c1c(CC)c(SCc5ccccc5)c(SCc5ccccc5)c(CC)c41)-c1c(CC)c(SCc4ccccc4)c(SCc4ccccc4)c(CC)c1-3)c1c(CC)c3c(c(CC)c21)SC(=C1SC(SC)=C(SC)S1)S3. The molecule has 2 N–H and O–H groups in total. The number of aryl methyl sites for hydroxylation is 4. The van der Waals surface area contributed by atoms with Crippen LogP contribution >= 0.6 is 141 Å². The molecule has 0 fully saturated rings. The first-order valence-corrected chi connectivity index (χ1v) is 51.7. The minimum Gasteiger partial charge on any atom is -0.324 e. The van der Waals surface area contributed by atoms with Crippen molar-refractivity contribution >= 4 is 185 Å². The molecule has 17 rings (SSSR count). The van der Waals surface area contributed by atoms with Crippen molar-refractivity contribution in [1.82, 2.24) is 39.9 Å². The highest BCUT2D eigenvalue weighted by molar-refractivity contribution is 8.42. The molecule has 0 radical (unpaired) electrons. The Balaban J connectivity index is 1.05. The van der Waals surface area contributed by atoms with Crippen molar-refractivity contribution in [2.45, 2.75) is 180 Å². The molecule has 0 aliphatic carbocycles. The van der Waals surface area contributed by atoms with Crippen LogP contribution in [0.3, 0.4) is 0 Å². The molecule has 8 bridgehead atoms. The van der Waals surface area contributed by atoms with Crippen molar-refractivity contribution in [2.24, 2.45) is 0 Å². The smallest absolute Gasteiger partial charge is 0.165 e. The molecular weight excluding hydrogens is 1650 g/mol. The first-order chi connectivity index (χ1) is 57.1. The van der Waals surface area contributed by atoms with Gasteiger partial charge in [0.15, 0.2) is 23.3 Å². The number of nitrogens with zero attached hydrogens (tertiary/aromatic N) is 6. The first-order valence-electron chi connectivity index (χ1n) is 40.1. The number of aromatic nitrogens is 8. The maximum atomic E-state index is 6.25. The molecule has 0 unspecified atom stereocenters. The van der Waals surface area contributed by atoms with E-state index < -0.39 is 0 Å². The van der Waals surface area contributed by atoms with Gasteiger partial charge in [-0.1, -0.05) is 284 Å². The summed E-state index contributed by atoms with van der Waals surface area (Å²) in [5, 5.41) is 4.33. The Morgan fingerprint density at radius 2 is 0.457 bits per heavy atom. The van der Waals surface area contributed by atoms with Gasteiger partial charge in [0, 0.05) is 117 Å². The topological polar surface area (TPSA) is 109 Å². The number of rotatable bonds is 28. The lowest BCUT2D eigenvalue weighted by atomic mass is 9.93. The van der Waals surface area contributed by atoms with Crippen LogP contribution in [-0.4, -0.2) is 52.4 Å². The second-order valence-corrected chi connectivity index (χ2v) is 41.2. The number of benzene rings is 10. The highest BCUT2D eigenvalue weighted by Crippen LogP contribution is 2.66. The van der Waals surface area contributed by atoms with Crippen molar-refractivity contribution in [2.75, 3.05) is 12.5 Å². The van der Waals surface area contributed by atoms with Crippen LogP contribution in [0.1, 0.15) is 133 Å². The highest BCUT2D eigenvalue weighted by Gasteiger charge is 2.38. The molecule has 4 aliphatic heterocycles. The van der Waals surface area contributed by atoms with E-state index >= 15 is 0 Å². The Hall–Kier alpha value is -6.76. The molecular formula is C96H90N8S12. The third-order valence-corrected chi connectivity index (χ3v) is 37.8. The molecule has 0 saturated heterocycles. The van der Waals surface area contributed by atoms with Crippen LogP contribution in [0.2, 0.25) is 0 Å². The average molecular weight is 1740 g/mol. The summed E-state index contributed by atoms with van der Waals surface area (Å²) >= 11 is 23.2. The fourth-order valence-electron chi connectivity index (χ4n) is 16.3. The predicted molar refractivity (Wildman–Crippen MR) is 515 cm³/mol. The van der Waals surface area contributed by atoms with Gasteiger partial charge in [-0.15, -0.1) is 94.1 Å². The van der Waals surface area contributed by atoms with Crippen molar-refractivity contribution in [3.63, 3.8) is 0 Å². The fourth-order valence-corrected chi connectivity index (χ4v) is 32.7. The Bertz CT molecular complexity index is 5790. The van der Waals surface area contributed by atoms with E-state index in [4.69, 9.17) is 29.9 Å². The average Bonchev–Trinajstić information content (AvgIpc) is 1.55. The summed E-state index contributed by atoms with van der Waals surface area (Å²) in [4.78, 5) is 55.8. The molecule has 7 heterocycles. The number of H-pyrrole nitrogens is 2. The lowest BCUT2D eigenvalue weighted by Crippen LogP contribution is -2.03. The summed E-state index contributed by atoms with van der Waals surface area (Å²) in [5.41, 5.74) is 24.8. The Kier molecular flexibility index (Phi) is 26.1. The van der Waals surface area contributed by atoms with Gasteiger partial charge in [0.2, 0.25) is 0 Å². The summed E-state index contributed by atoms with van der Waals surface area (Å²) in [7, 11) is 0. The summed E-state index contributed by atoms with van der Waals surface area (Å²) in [5.74, 6) is 7.43. The van der Waals surface area contributed by atoms with Gasteiger partial charge in [0.1, 0.15) is 22.6 Å². The van der Waals surface area contributed by atoms with Crippen molar-refractivity contribution in [3.8, 4) is 45.6 Å². The summed E-state index contributed by atoms with van der Waals surface area (Å²) < 4.78 is 5.44. The summed E-state index contributed by atoms with van der Waals surface area (Å²) in [6.07, 6.45) is 10.4. The van der Waals surface area contributed by atoms with Crippen molar-refractivity contribution < 1.29 is 0 Å². The van der Waals surface area contributed by atoms with E-state index in [9.17, 15) is 0 Å². The van der Waals surface area contributed by atoms with Gasteiger partial charge >= 0.3 is 0 Å². The number of nitrogens with one attached hydrogen (secondary N) is 2. The van der Waals surface area contributed by atoms with E-state index in [1.165, 1.54) is 134 Å². The van der Waals surface area contributed by atoms with Gasteiger partial charge < -0.3 is 9.97 Å². The van der Waals surface area contributed by atoms with Crippen molar-refractivity contribution in [3.05, 3.63) is 277 Å². The molecule has 0 spiro atoms. The lowest BCUT2D eigenvalue weighted by Gasteiger charge is -2.22. The molecule has 4 aliphatic rings. The van der Waals surface area contributed by atoms with E-state index in [1.54, 1.807) is 0 Å². The van der Waals surface area contributed by atoms with Crippen LogP contribution in [0, 0.1) is 0 Å². The zero-order valence-electron chi connectivity index (χ0n) is 66.8. The second-order valence-electron chi connectivity index (χ2n) is 28.5. The first kappa shape index (κ1) is 81.6. The zero-order valence-corrected chi connectivity index (χ0v) is 76.6. The standard InChI is InChI=1S/C96H90N8S12/c1-11-61-69-70(62(12-2)78(108-50-56-39-27-20-28-40-56)77(61)107-49-55-37-25-19-26-38-55)86-97-85(69)98-87-71-63(13-3)79(109-51-57-41-29-21-30-42-57)81(111-53-59-45-33-23-34-46-59)65(15-5)73(71)89(100-87)102-91-75-67(17-7)83-84(114-95(113-83)96-115-93(105-9)94(106-10)116-96)68(18-8)76(75)92(104-91)103-90-74-66(16-6)82(112-54-60-47-35-24-36-48-60)80(110-52-58-43-31-22-32-44-58)64(14-4)72(74)88(99-86)101-90/h19-48H,11-18,49-54H2,1-10H3,(H2,97,98,99,100,101,102,103,104). The number of hydrogen-bond donors (Lipinski definition) is 2. The van der Waals surface area contributed by atoms with Crippen LogP contribution in [0.25, 0.3) is 89.7 Å². The fraction of sp³-hybridized carbons (Fsp3) is 0.250. The van der Waals surface area contributed by atoms with E-state index in [0.717, 1.165) is 152 Å². The van der Waals surface area contributed by atoms with Gasteiger partial charge in [-0.25, -0.2) is 29.9 Å². The van der Waals surface area contributed by atoms with Crippen molar-refractivity contribution in [1.29, 1.82) is 0 Å². The quantitative estimate of drug-likeness (QED) is 0.0454. The van der Waals surface area contributed by atoms with Crippen LogP contribution < -0.4 is 0 Å². The Labute approximate surface area is 733 Å². The molecule has 116 heavy (non-hydrogen) atoms. The van der Waals surface area contributed by atoms with Gasteiger partial charge in [-0.05, 0) is 142 Å². The molecule has 3 aromatic heterocycles. The number of fused-ring (bicyclic) bond motifs is 21. The number of aromatic amines is 2. The Morgan fingerprint density at radius 1 is 0.250 bits per heavy atom. The molecule has 13 aromatic rings. The zero-order chi connectivity index (χ0) is 79.5. The van der Waals surface area contributed by atoms with E-state index in [-0.39, 0.29) is 0 Å². The third-order valence-electron chi connectivity index (χ3n) is 21.7. The largest absolute Gasteiger partial charge is 0.324 e. The maximum absolute atomic E-state index is 6.25. The monoisotopic (exact) mass is 1740 g/mol. The molecule has 20 heteroatoms. The number of hydrogen-bond acceptors (Lipinski definition) is 18. The van der Waals surface area contributed by atoms with Gasteiger partial charge in [0.05, 0.1) is 16.9 Å². The normalized spacial score (nSPS) is 13.1. The minimum absolute atomic E-state index is 0.652. The predicted octanol–water partition coefficient (Wildman–Crippen LogP) is 29.8. The highest BCUT2D eigenvalue weighted by atomic mass is 32.3. The maximum Gasteiger partial charge on any atom is 0.165 e. The second kappa shape index (κ2) is 37.1. The third kappa shape index (κ3) is 16.0. The molecule has 10 aromatic carbocycles. The summed E-state index contributed by atoms with van der Waals surface area (Å²) in [6, 6.07) is 65.9. The van der Waals surface area contributed by atoms with Gasteiger partial charge in [-0.3, -0.25) is 0 Å². The summed E-state index contributed by atoms with van der Waals surface area (Å²) in [6.45, 7) is 18.7.